The lowest BCUT2D eigenvalue weighted by molar-refractivity contribution is -0.149. The van der Waals surface area contributed by atoms with Crippen molar-refractivity contribution in [3.63, 3.8) is 0 Å². The van der Waals surface area contributed by atoms with Gasteiger partial charge in [-0.1, -0.05) is 18.2 Å². The van der Waals surface area contributed by atoms with Gasteiger partial charge in [-0.3, -0.25) is 0 Å². The Kier molecular flexibility index (Phi) is 6.90. The summed E-state index contributed by atoms with van der Waals surface area (Å²) in [7, 11) is 0. The minimum absolute atomic E-state index is 0.343. The summed E-state index contributed by atoms with van der Waals surface area (Å²) < 4.78 is 13.4. The molecule has 0 aliphatic rings. The van der Waals surface area contributed by atoms with Gasteiger partial charge in [0.2, 0.25) is 0 Å². The molecule has 0 aliphatic heterocycles. The van der Waals surface area contributed by atoms with E-state index in [1.54, 1.807) is 18.3 Å². The molecule has 5 nitrogen and oxygen atoms in total. The van der Waals surface area contributed by atoms with Crippen LogP contribution in [0.1, 0.15) is 18.2 Å². The standard InChI is InChI=1S/C22H25NO4S/c1-3-26-20(22(24)25)15-17-7-9-18(10-8-17)27-13-12-23-16(2)6-11-19(23)21-5-4-14-28-21/h4-11,14,20H,3,12-13,15H2,1-2H3,(H,24,25). The van der Waals surface area contributed by atoms with Crippen molar-refractivity contribution in [2.75, 3.05) is 13.2 Å². The number of carbonyl (C=O) groups is 1. The normalized spacial score (nSPS) is 12.1. The van der Waals surface area contributed by atoms with Crippen molar-refractivity contribution in [1.29, 1.82) is 0 Å². The number of thiophene rings is 1. The van der Waals surface area contributed by atoms with Crippen LogP contribution in [0.4, 0.5) is 0 Å². The lowest BCUT2D eigenvalue weighted by Crippen LogP contribution is -2.26. The molecule has 1 atom stereocenters. The fourth-order valence-corrected chi connectivity index (χ4v) is 3.87. The average molecular weight is 400 g/mol. The molecule has 0 aliphatic carbocycles. The molecule has 6 heteroatoms. The third-order valence-electron chi connectivity index (χ3n) is 4.54. The molecule has 148 valence electrons. The number of hydrogen-bond acceptors (Lipinski definition) is 4. The second-order valence-corrected chi connectivity index (χ2v) is 7.42. The van der Waals surface area contributed by atoms with Crippen LogP contribution in [-0.2, 0) is 22.5 Å². The molecule has 3 rings (SSSR count). The van der Waals surface area contributed by atoms with Crippen LogP contribution in [0.15, 0.2) is 53.9 Å². The van der Waals surface area contributed by atoms with E-state index >= 15 is 0 Å². The van der Waals surface area contributed by atoms with Crippen molar-refractivity contribution in [3.05, 3.63) is 65.2 Å². The molecular formula is C22H25NO4S. The van der Waals surface area contributed by atoms with Crippen LogP contribution in [0.3, 0.4) is 0 Å². The van der Waals surface area contributed by atoms with Crippen LogP contribution < -0.4 is 4.74 Å². The van der Waals surface area contributed by atoms with Gasteiger partial charge in [0.05, 0.1) is 17.1 Å². The predicted octanol–water partition coefficient (Wildman–Crippen LogP) is 4.64. The van der Waals surface area contributed by atoms with Crippen molar-refractivity contribution in [2.24, 2.45) is 0 Å². The van der Waals surface area contributed by atoms with E-state index in [9.17, 15) is 9.90 Å². The van der Waals surface area contributed by atoms with Gasteiger partial charge in [0.25, 0.3) is 0 Å². The van der Waals surface area contributed by atoms with Crippen molar-refractivity contribution >= 4 is 17.3 Å². The van der Waals surface area contributed by atoms with Gasteiger partial charge in [0.1, 0.15) is 12.4 Å². The highest BCUT2D eigenvalue weighted by atomic mass is 32.1. The molecular weight excluding hydrogens is 374 g/mol. The third kappa shape index (κ3) is 5.03. The Bertz CT molecular complexity index is 884. The summed E-state index contributed by atoms with van der Waals surface area (Å²) in [4.78, 5) is 12.5. The number of carboxylic acids is 1. The van der Waals surface area contributed by atoms with Gasteiger partial charge in [-0.05, 0) is 55.1 Å². The topological polar surface area (TPSA) is 60.7 Å². The minimum atomic E-state index is -0.939. The predicted molar refractivity (Wildman–Crippen MR) is 111 cm³/mol. The number of aliphatic carboxylic acids is 1. The van der Waals surface area contributed by atoms with Gasteiger partial charge in [-0.2, -0.15) is 0 Å². The molecule has 2 heterocycles. The monoisotopic (exact) mass is 399 g/mol. The quantitative estimate of drug-likeness (QED) is 0.540. The summed E-state index contributed by atoms with van der Waals surface area (Å²) in [6.07, 6.45) is -0.472. The Labute approximate surface area is 169 Å². The van der Waals surface area contributed by atoms with Crippen molar-refractivity contribution in [2.45, 2.75) is 32.9 Å². The summed E-state index contributed by atoms with van der Waals surface area (Å²) in [6.45, 7) is 5.60. The van der Waals surface area contributed by atoms with E-state index in [0.29, 0.717) is 19.6 Å². The molecule has 1 unspecified atom stereocenters. The van der Waals surface area contributed by atoms with E-state index in [-0.39, 0.29) is 0 Å². The number of rotatable bonds is 10. The summed E-state index contributed by atoms with van der Waals surface area (Å²) in [5.41, 5.74) is 3.33. The molecule has 3 aromatic rings. The number of aromatic nitrogens is 1. The zero-order valence-electron chi connectivity index (χ0n) is 16.1. The van der Waals surface area contributed by atoms with Gasteiger partial charge in [0.15, 0.2) is 6.10 Å². The largest absolute Gasteiger partial charge is 0.492 e. The lowest BCUT2D eigenvalue weighted by atomic mass is 10.1. The van der Waals surface area contributed by atoms with Gasteiger partial charge < -0.3 is 19.1 Å². The van der Waals surface area contributed by atoms with Crippen LogP contribution in [0.5, 0.6) is 5.75 Å². The molecule has 0 saturated heterocycles. The molecule has 0 saturated carbocycles. The zero-order chi connectivity index (χ0) is 19.9. The van der Waals surface area contributed by atoms with E-state index in [1.807, 2.05) is 24.3 Å². The SMILES string of the molecule is CCOC(Cc1ccc(OCCn2c(C)ccc2-c2cccs2)cc1)C(=O)O. The van der Waals surface area contributed by atoms with Crippen molar-refractivity contribution in [1.82, 2.24) is 4.57 Å². The van der Waals surface area contributed by atoms with E-state index in [4.69, 9.17) is 9.47 Å². The van der Waals surface area contributed by atoms with Crippen LogP contribution in [0.2, 0.25) is 0 Å². The molecule has 0 spiro atoms. The second-order valence-electron chi connectivity index (χ2n) is 6.47. The smallest absolute Gasteiger partial charge is 0.333 e. The molecule has 0 bridgehead atoms. The van der Waals surface area contributed by atoms with Crippen LogP contribution in [0, 0.1) is 6.92 Å². The highest BCUT2D eigenvalue weighted by Gasteiger charge is 2.17. The molecule has 1 N–H and O–H groups in total. The van der Waals surface area contributed by atoms with Crippen LogP contribution in [-0.4, -0.2) is 35.0 Å². The Morgan fingerprint density at radius 3 is 2.61 bits per heavy atom. The molecule has 0 radical (unpaired) electrons. The lowest BCUT2D eigenvalue weighted by Gasteiger charge is -2.14. The summed E-state index contributed by atoms with van der Waals surface area (Å²) in [6, 6.07) is 16.0. The van der Waals surface area contributed by atoms with Gasteiger partial charge in [-0.25, -0.2) is 4.79 Å². The molecule has 0 amide bonds. The average Bonchev–Trinajstić information content (AvgIpc) is 3.33. The van der Waals surface area contributed by atoms with E-state index in [1.165, 1.54) is 16.3 Å². The van der Waals surface area contributed by atoms with E-state index in [2.05, 4.69) is 41.1 Å². The third-order valence-corrected chi connectivity index (χ3v) is 5.44. The Morgan fingerprint density at radius 2 is 1.96 bits per heavy atom. The minimum Gasteiger partial charge on any atom is -0.492 e. The fraction of sp³-hybridized carbons (Fsp3) is 0.318. The first-order valence-electron chi connectivity index (χ1n) is 9.34. The number of benzene rings is 1. The van der Waals surface area contributed by atoms with Gasteiger partial charge in [-0.15, -0.1) is 11.3 Å². The zero-order valence-corrected chi connectivity index (χ0v) is 16.9. The van der Waals surface area contributed by atoms with Crippen molar-refractivity contribution < 1.29 is 19.4 Å². The first-order chi connectivity index (χ1) is 13.6. The number of hydrogen-bond donors (Lipinski definition) is 1. The Hall–Kier alpha value is -2.57. The molecule has 2 aromatic heterocycles. The summed E-state index contributed by atoms with van der Waals surface area (Å²) >= 11 is 1.73. The van der Waals surface area contributed by atoms with Crippen LogP contribution >= 0.6 is 11.3 Å². The summed E-state index contributed by atoms with van der Waals surface area (Å²) in [5, 5.41) is 11.3. The van der Waals surface area contributed by atoms with E-state index in [0.717, 1.165) is 17.9 Å². The van der Waals surface area contributed by atoms with Gasteiger partial charge in [0, 0.05) is 18.7 Å². The Balaban J connectivity index is 1.56. The second kappa shape index (κ2) is 9.57. The molecule has 0 fully saturated rings. The maximum absolute atomic E-state index is 11.2. The van der Waals surface area contributed by atoms with Crippen molar-refractivity contribution in [3.8, 4) is 16.3 Å². The molecule has 1 aromatic carbocycles. The van der Waals surface area contributed by atoms with Crippen LogP contribution in [0.25, 0.3) is 10.6 Å². The molecule has 28 heavy (non-hydrogen) atoms. The number of carboxylic acid groups (broad SMARTS) is 1. The van der Waals surface area contributed by atoms with E-state index < -0.39 is 12.1 Å². The number of nitrogens with zero attached hydrogens (tertiary/aromatic N) is 1. The van der Waals surface area contributed by atoms with Gasteiger partial charge >= 0.3 is 5.97 Å². The first-order valence-corrected chi connectivity index (χ1v) is 10.2. The highest BCUT2D eigenvalue weighted by Crippen LogP contribution is 2.27. The Morgan fingerprint density at radius 1 is 1.18 bits per heavy atom. The maximum atomic E-state index is 11.2. The maximum Gasteiger partial charge on any atom is 0.333 e. The number of ether oxygens (including phenoxy) is 2. The fourth-order valence-electron chi connectivity index (χ4n) is 3.12. The highest BCUT2D eigenvalue weighted by molar-refractivity contribution is 7.13. The number of aryl methyl sites for hydroxylation is 1. The first kappa shape index (κ1) is 20.2. The summed E-state index contributed by atoms with van der Waals surface area (Å²) in [5.74, 6) is -0.166.